The molecule has 2 unspecified atom stereocenters. The Hall–Kier alpha value is -1.10. The largest absolute Gasteiger partial charge is 0.481 e. The number of carbonyl (C=O) groups is 2. The molecular formula is C14H24N2O3. The number of hydrogen-bond acceptors (Lipinski definition) is 3. The number of carbonyl (C=O) groups excluding carboxylic acids is 1. The molecule has 2 fully saturated rings. The third kappa shape index (κ3) is 2.48. The van der Waals surface area contributed by atoms with Crippen molar-refractivity contribution in [1.29, 1.82) is 0 Å². The highest BCUT2D eigenvalue weighted by atomic mass is 16.4. The zero-order chi connectivity index (χ0) is 14.4. The smallest absolute Gasteiger partial charge is 0.307 e. The van der Waals surface area contributed by atoms with E-state index in [-0.39, 0.29) is 5.91 Å². The maximum absolute atomic E-state index is 12.3. The number of hydrazine groups is 1. The molecule has 0 aromatic rings. The number of piperidine rings is 1. The topological polar surface area (TPSA) is 69.6 Å². The van der Waals surface area contributed by atoms with Crippen molar-refractivity contribution in [2.45, 2.75) is 59.0 Å². The van der Waals surface area contributed by atoms with E-state index in [1.807, 2.05) is 18.9 Å². The molecule has 0 bridgehead atoms. The lowest BCUT2D eigenvalue weighted by atomic mass is 10.00. The minimum atomic E-state index is -0.870. The Balaban J connectivity index is 2.00. The van der Waals surface area contributed by atoms with Gasteiger partial charge in [-0.3, -0.25) is 15.0 Å². The Morgan fingerprint density at radius 2 is 1.68 bits per heavy atom. The first-order valence-corrected chi connectivity index (χ1v) is 7.08. The summed E-state index contributed by atoms with van der Waals surface area (Å²) < 4.78 is 0. The van der Waals surface area contributed by atoms with E-state index in [0.29, 0.717) is 12.1 Å². The molecule has 0 radical (unpaired) electrons. The predicted molar refractivity (Wildman–Crippen MR) is 71.2 cm³/mol. The fourth-order valence-corrected chi connectivity index (χ4v) is 3.43. The molecule has 2 aliphatic rings. The van der Waals surface area contributed by atoms with E-state index < -0.39 is 23.2 Å². The highest BCUT2D eigenvalue weighted by Crippen LogP contribution is 2.58. The summed E-state index contributed by atoms with van der Waals surface area (Å²) >= 11 is 0. The van der Waals surface area contributed by atoms with Crippen molar-refractivity contribution < 1.29 is 14.7 Å². The lowest BCUT2D eigenvalue weighted by molar-refractivity contribution is -0.141. The zero-order valence-corrected chi connectivity index (χ0v) is 12.1. The molecular weight excluding hydrogens is 244 g/mol. The standard InChI is InChI=1S/C14H24N2O3/c1-8-6-5-7-9(2)16(8)15-12(17)10-11(13(18)19)14(10,3)4/h8-11H,5-7H2,1-4H3,(H,15,17)(H,18,19)/t8?,9?,10-,11+/m1/s1. The first-order chi connectivity index (χ1) is 8.76. The van der Waals surface area contributed by atoms with Crippen LogP contribution < -0.4 is 5.43 Å². The Morgan fingerprint density at radius 3 is 2.11 bits per heavy atom. The highest BCUT2D eigenvalue weighted by molar-refractivity contribution is 5.91. The predicted octanol–water partition coefficient (Wildman–Crippen LogP) is 1.64. The molecule has 19 heavy (non-hydrogen) atoms. The van der Waals surface area contributed by atoms with Crippen LogP contribution in [0.1, 0.15) is 47.0 Å². The first-order valence-electron chi connectivity index (χ1n) is 7.08. The van der Waals surface area contributed by atoms with E-state index in [1.165, 1.54) is 6.42 Å². The van der Waals surface area contributed by atoms with Crippen LogP contribution in [0.5, 0.6) is 0 Å². The van der Waals surface area contributed by atoms with Crippen LogP contribution in [0.3, 0.4) is 0 Å². The minimum absolute atomic E-state index is 0.141. The average molecular weight is 268 g/mol. The van der Waals surface area contributed by atoms with Crippen molar-refractivity contribution in [3.8, 4) is 0 Å². The number of nitrogens with one attached hydrogen (secondary N) is 1. The van der Waals surface area contributed by atoms with E-state index in [1.54, 1.807) is 0 Å². The van der Waals surface area contributed by atoms with Gasteiger partial charge in [-0.1, -0.05) is 20.3 Å². The maximum atomic E-state index is 12.3. The quantitative estimate of drug-likeness (QED) is 0.816. The van der Waals surface area contributed by atoms with Gasteiger partial charge in [-0.2, -0.15) is 0 Å². The number of carboxylic acid groups (broad SMARTS) is 1. The molecule has 108 valence electrons. The molecule has 2 rings (SSSR count). The fourth-order valence-electron chi connectivity index (χ4n) is 3.43. The Morgan fingerprint density at radius 1 is 1.16 bits per heavy atom. The molecule has 1 aliphatic heterocycles. The monoisotopic (exact) mass is 268 g/mol. The van der Waals surface area contributed by atoms with E-state index in [4.69, 9.17) is 5.11 Å². The summed E-state index contributed by atoms with van der Waals surface area (Å²) in [5, 5.41) is 11.1. The Labute approximate surface area is 114 Å². The van der Waals surface area contributed by atoms with Gasteiger partial charge in [0.25, 0.3) is 0 Å². The number of hydrogen-bond donors (Lipinski definition) is 2. The lowest BCUT2D eigenvalue weighted by Gasteiger charge is -2.38. The van der Waals surface area contributed by atoms with Crippen LogP contribution in [0.15, 0.2) is 0 Å². The van der Waals surface area contributed by atoms with Crippen molar-refractivity contribution in [3.05, 3.63) is 0 Å². The van der Waals surface area contributed by atoms with Gasteiger partial charge in [0.05, 0.1) is 11.8 Å². The van der Waals surface area contributed by atoms with Gasteiger partial charge in [-0.15, -0.1) is 0 Å². The Bertz CT molecular complexity index is 384. The third-order valence-corrected chi connectivity index (χ3v) is 4.81. The van der Waals surface area contributed by atoms with Gasteiger partial charge in [-0.25, -0.2) is 5.01 Å². The summed E-state index contributed by atoms with van der Waals surface area (Å²) in [6, 6.07) is 0.635. The van der Waals surface area contributed by atoms with E-state index >= 15 is 0 Å². The molecule has 1 amide bonds. The van der Waals surface area contributed by atoms with E-state index in [2.05, 4.69) is 19.3 Å². The molecule has 4 atom stereocenters. The summed E-state index contributed by atoms with van der Waals surface area (Å²) in [5.74, 6) is -1.97. The zero-order valence-electron chi connectivity index (χ0n) is 12.1. The van der Waals surface area contributed by atoms with Crippen LogP contribution >= 0.6 is 0 Å². The molecule has 1 heterocycles. The number of aliphatic carboxylic acids is 1. The van der Waals surface area contributed by atoms with Gasteiger partial charge < -0.3 is 5.11 Å². The summed E-state index contributed by atoms with van der Waals surface area (Å²) in [4.78, 5) is 23.4. The van der Waals surface area contributed by atoms with Crippen molar-refractivity contribution >= 4 is 11.9 Å². The molecule has 5 nitrogen and oxygen atoms in total. The number of rotatable bonds is 3. The van der Waals surface area contributed by atoms with Crippen molar-refractivity contribution in [1.82, 2.24) is 10.4 Å². The van der Waals surface area contributed by atoms with Crippen molar-refractivity contribution in [2.24, 2.45) is 17.3 Å². The van der Waals surface area contributed by atoms with Crippen LogP contribution in [0, 0.1) is 17.3 Å². The van der Waals surface area contributed by atoms with Crippen LogP contribution in [-0.4, -0.2) is 34.1 Å². The molecule has 1 saturated heterocycles. The molecule has 2 N–H and O–H groups in total. The van der Waals surface area contributed by atoms with Gasteiger partial charge in [-0.05, 0) is 32.1 Å². The SMILES string of the molecule is CC1CCCC(C)N1NC(=O)[C@H]1[C@@H](C(=O)O)C1(C)C. The summed E-state index contributed by atoms with van der Waals surface area (Å²) in [6.45, 7) is 7.89. The second kappa shape index (κ2) is 4.78. The van der Waals surface area contributed by atoms with Crippen LogP contribution in [0.4, 0.5) is 0 Å². The second-order valence-electron chi connectivity index (χ2n) is 6.63. The fraction of sp³-hybridized carbons (Fsp3) is 0.857. The first kappa shape index (κ1) is 14.3. The summed E-state index contributed by atoms with van der Waals surface area (Å²) in [6.07, 6.45) is 3.32. The van der Waals surface area contributed by atoms with Gasteiger partial charge in [0.1, 0.15) is 0 Å². The lowest BCUT2D eigenvalue weighted by Crippen LogP contribution is -2.54. The summed E-state index contributed by atoms with van der Waals surface area (Å²) in [7, 11) is 0. The molecule has 5 heteroatoms. The van der Waals surface area contributed by atoms with E-state index in [0.717, 1.165) is 12.8 Å². The van der Waals surface area contributed by atoms with Gasteiger partial charge in [0, 0.05) is 12.1 Å². The minimum Gasteiger partial charge on any atom is -0.481 e. The number of nitrogens with zero attached hydrogens (tertiary/aromatic N) is 1. The van der Waals surface area contributed by atoms with Gasteiger partial charge in [0.2, 0.25) is 5.91 Å². The van der Waals surface area contributed by atoms with Crippen LogP contribution in [0.2, 0.25) is 0 Å². The molecule has 0 spiro atoms. The van der Waals surface area contributed by atoms with Crippen molar-refractivity contribution in [3.63, 3.8) is 0 Å². The average Bonchev–Trinajstić information content (AvgIpc) is 2.87. The highest BCUT2D eigenvalue weighted by Gasteiger charge is 2.66. The normalized spacial score (nSPS) is 37.7. The van der Waals surface area contributed by atoms with E-state index in [9.17, 15) is 9.59 Å². The van der Waals surface area contributed by atoms with Gasteiger partial charge >= 0.3 is 5.97 Å². The summed E-state index contributed by atoms with van der Waals surface area (Å²) in [5.41, 5.74) is 2.52. The maximum Gasteiger partial charge on any atom is 0.307 e. The Kier molecular flexibility index (Phi) is 3.60. The second-order valence-corrected chi connectivity index (χ2v) is 6.63. The third-order valence-electron chi connectivity index (χ3n) is 4.81. The molecule has 0 aromatic carbocycles. The number of amides is 1. The van der Waals surface area contributed by atoms with Gasteiger partial charge in [0.15, 0.2) is 0 Å². The van der Waals surface area contributed by atoms with Crippen LogP contribution in [-0.2, 0) is 9.59 Å². The molecule has 1 saturated carbocycles. The molecule has 1 aliphatic carbocycles. The molecule has 0 aromatic heterocycles. The van der Waals surface area contributed by atoms with Crippen molar-refractivity contribution in [2.75, 3.05) is 0 Å². The number of carboxylic acids is 1. The van der Waals surface area contributed by atoms with Crippen LogP contribution in [0.25, 0.3) is 0 Å².